The fraction of sp³-hybridized carbons (Fsp3) is 0.500. The highest BCUT2D eigenvalue weighted by atomic mass is 16.4. The van der Waals surface area contributed by atoms with Gasteiger partial charge in [-0.25, -0.2) is 4.79 Å². The SMILES string of the molecule is Cc1ccc(CCC(=O)NCC(=O)NC2(C(=O)O)CCCC2)cc1. The lowest BCUT2D eigenvalue weighted by atomic mass is 9.98. The van der Waals surface area contributed by atoms with E-state index in [0.29, 0.717) is 25.7 Å². The number of hydrogen-bond acceptors (Lipinski definition) is 3. The fourth-order valence-corrected chi connectivity index (χ4v) is 2.96. The number of carbonyl (C=O) groups excluding carboxylic acids is 2. The van der Waals surface area contributed by atoms with Crippen LogP contribution >= 0.6 is 0 Å². The normalized spacial score (nSPS) is 15.7. The van der Waals surface area contributed by atoms with E-state index in [9.17, 15) is 19.5 Å². The molecule has 2 amide bonds. The molecule has 1 aliphatic carbocycles. The van der Waals surface area contributed by atoms with Crippen LogP contribution in [0.3, 0.4) is 0 Å². The van der Waals surface area contributed by atoms with Crippen LogP contribution < -0.4 is 10.6 Å². The van der Waals surface area contributed by atoms with Gasteiger partial charge < -0.3 is 15.7 Å². The topological polar surface area (TPSA) is 95.5 Å². The van der Waals surface area contributed by atoms with E-state index in [1.54, 1.807) is 0 Å². The molecule has 1 saturated carbocycles. The van der Waals surface area contributed by atoms with Crippen LogP contribution in [0.25, 0.3) is 0 Å². The maximum atomic E-state index is 11.9. The molecule has 6 nitrogen and oxygen atoms in total. The van der Waals surface area contributed by atoms with Crippen molar-refractivity contribution in [1.82, 2.24) is 10.6 Å². The molecular weight excluding hydrogens is 308 g/mol. The number of carboxylic acids is 1. The van der Waals surface area contributed by atoms with Gasteiger partial charge in [0.1, 0.15) is 5.54 Å². The zero-order valence-electron chi connectivity index (χ0n) is 13.9. The average molecular weight is 332 g/mol. The lowest BCUT2D eigenvalue weighted by Crippen LogP contribution is -2.54. The molecule has 0 aliphatic heterocycles. The summed E-state index contributed by atoms with van der Waals surface area (Å²) in [7, 11) is 0. The van der Waals surface area contributed by atoms with Crippen LogP contribution in [-0.2, 0) is 20.8 Å². The van der Waals surface area contributed by atoms with Crippen molar-refractivity contribution < 1.29 is 19.5 Å². The monoisotopic (exact) mass is 332 g/mol. The molecule has 0 unspecified atom stereocenters. The van der Waals surface area contributed by atoms with Crippen LogP contribution in [-0.4, -0.2) is 35.0 Å². The van der Waals surface area contributed by atoms with Gasteiger partial charge in [-0.2, -0.15) is 0 Å². The predicted octanol–water partition coefficient (Wildman–Crippen LogP) is 1.56. The first kappa shape index (κ1) is 18.0. The molecule has 0 saturated heterocycles. The molecule has 0 aromatic heterocycles. The predicted molar refractivity (Wildman–Crippen MR) is 89.5 cm³/mol. The van der Waals surface area contributed by atoms with E-state index in [1.807, 2.05) is 31.2 Å². The Morgan fingerprint density at radius 1 is 1.08 bits per heavy atom. The maximum absolute atomic E-state index is 11.9. The molecule has 0 bridgehead atoms. The molecular formula is C18H24N2O4. The number of amides is 2. The Balaban J connectivity index is 1.73. The number of carbonyl (C=O) groups is 3. The van der Waals surface area contributed by atoms with Gasteiger partial charge in [-0.1, -0.05) is 42.7 Å². The molecule has 0 heterocycles. The van der Waals surface area contributed by atoms with Crippen molar-refractivity contribution in [2.75, 3.05) is 6.54 Å². The molecule has 1 aromatic rings. The Bertz CT molecular complexity index is 604. The molecule has 130 valence electrons. The molecule has 0 atom stereocenters. The van der Waals surface area contributed by atoms with Crippen LogP contribution in [0.4, 0.5) is 0 Å². The third-order valence-corrected chi connectivity index (χ3v) is 4.45. The van der Waals surface area contributed by atoms with Gasteiger partial charge in [0.05, 0.1) is 6.54 Å². The second-order valence-corrected chi connectivity index (χ2v) is 6.40. The molecule has 3 N–H and O–H groups in total. The zero-order valence-corrected chi connectivity index (χ0v) is 13.9. The Kier molecular flexibility index (Phi) is 5.95. The van der Waals surface area contributed by atoms with Gasteiger partial charge >= 0.3 is 5.97 Å². The van der Waals surface area contributed by atoms with Crippen molar-refractivity contribution in [2.45, 2.75) is 51.0 Å². The van der Waals surface area contributed by atoms with Crippen molar-refractivity contribution in [3.8, 4) is 0 Å². The lowest BCUT2D eigenvalue weighted by Gasteiger charge is -2.25. The minimum Gasteiger partial charge on any atom is -0.480 e. The summed E-state index contributed by atoms with van der Waals surface area (Å²) in [5.41, 5.74) is 1.07. The quantitative estimate of drug-likeness (QED) is 0.706. The van der Waals surface area contributed by atoms with Gasteiger partial charge in [0.25, 0.3) is 0 Å². The van der Waals surface area contributed by atoms with Crippen molar-refractivity contribution >= 4 is 17.8 Å². The third kappa shape index (κ3) is 4.81. The average Bonchev–Trinajstić information content (AvgIpc) is 3.02. The van der Waals surface area contributed by atoms with Gasteiger partial charge in [0, 0.05) is 6.42 Å². The summed E-state index contributed by atoms with van der Waals surface area (Å²) in [5.74, 6) is -1.68. The summed E-state index contributed by atoms with van der Waals surface area (Å²) in [6.07, 6.45) is 3.35. The van der Waals surface area contributed by atoms with Gasteiger partial charge in [0.15, 0.2) is 0 Å². The lowest BCUT2D eigenvalue weighted by molar-refractivity contribution is -0.147. The first-order valence-corrected chi connectivity index (χ1v) is 8.28. The van der Waals surface area contributed by atoms with E-state index in [4.69, 9.17) is 0 Å². The fourth-order valence-electron chi connectivity index (χ4n) is 2.96. The van der Waals surface area contributed by atoms with Crippen LogP contribution in [0, 0.1) is 6.92 Å². The van der Waals surface area contributed by atoms with Gasteiger partial charge in [-0.15, -0.1) is 0 Å². The summed E-state index contributed by atoms with van der Waals surface area (Å²) in [6.45, 7) is 1.81. The number of aliphatic carboxylic acids is 1. The largest absolute Gasteiger partial charge is 0.480 e. The van der Waals surface area contributed by atoms with Crippen molar-refractivity contribution in [2.24, 2.45) is 0 Å². The number of carboxylic acid groups (broad SMARTS) is 1. The van der Waals surface area contributed by atoms with E-state index in [1.165, 1.54) is 5.56 Å². The van der Waals surface area contributed by atoms with Crippen molar-refractivity contribution in [1.29, 1.82) is 0 Å². The van der Waals surface area contributed by atoms with E-state index < -0.39 is 17.4 Å². The van der Waals surface area contributed by atoms with Crippen LogP contribution in [0.1, 0.15) is 43.2 Å². The highest BCUT2D eigenvalue weighted by Crippen LogP contribution is 2.29. The summed E-state index contributed by atoms with van der Waals surface area (Å²) >= 11 is 0. The summed E-state index contributed by atoms with van der Waals surface area (Å²) in [6, 6.07) is 7.94. The second kappa shape index (κ2) is 7.95. The third-order valence-electron chi connectivity index (χ3n) is 4.45. The van der Waals surface area contributed by atoms with E-state index >= 15 is 0 Å². The molecule has 1 aromatic carbocycles. The zero-order chi connectivity index (χ0) is 17.6. The minimum atomic E-state index is -1.16. The number of aryl methyl sites for hydroxylation is 2. The standard InChI is InChI=1S/C18H24N2O4/c1-13-4-6-14(7-5-13)8-9-15(21)19-12-16(22)20-18(17(23)24)10-2-3-11-18/h4-7H,2-3,8-12H2,1H3,(H,19,21)(H,20,22)(H,23,24). The van der Waals surface area contributed by atoms with Crippen molar-refractivity contribution in [3.05, 3.63) is 35.4 Å². The number of hydrogen-bond donors (Lipinski definition) is 3. The second-order valence-electron chi connectivity index (χ2n) is 6.40. The Morgan fingerprint density at radius 3 is 2.29 bits per heavy atom. The van der Waals surface area contributed by atoms with Gasteiger partial charge in [-0.3, -0.25) is 9.59 Å². The first-order chi connectivity index (χ1) is 11.4. The number of nitrogens with one attached hydrogen (secondary N) is 2. The molecule has 1 fully saturated rings. The molecule has 1 aliphatic rings. The maximum Gasteiger partial charge on any atom is 0.329 e. The molecule has 0 radical (unpaired) electrons. The van der Waals surface area contributed by atoms with Gasteiger partial charge in [-0.05, 0) is 31.7 Å². The Labute approximate surface area is 141 Å². The van der Waals surface area contributed by atoms with Gasteiger partial charge in [0.2, 0.25) is 11.8 Å². The molecule has 2 rings (SSSR count). The highest BCUT2D eigenvalue weighted by molar-refractivity contribution is 5.90. The van der Waals surface area contributed by atoms with Crippen LogP contribution in [0.5, 0.6) is 0 Å². The van der Waals surface area contributed by atoms with Crippen molar-refractivity contribution in [3.63, 3.8) is 0 Å². The van der Waals surface area contributed by atoms with E-state index in [-0.39, 0.29) is 12.5 Å². The van der Waals surface area contributed by atoms with E-state index in [2.05, 4.69) is 10.6 Å². The summed E-state index contributed by atoms with van der Waals surface area (Å²) < 4.78 is 0. The van der Waals surface area contributed by atoms with Crippen LogP contribution in [0.2, 0.25) is 0 Å². The molecule has 6 heteroatoms. The number of benzene rings is 1. The van der Waals surface area contributed by atoms with E-state index in [0.717, 1.165) is 18.4 Å². The molecule has 24 heavy (non-hydrogen) atoms. The van der Waals surface area contributed by atoms with Crippen LogP contribution in [0.15, 0.2) is 24.3 Å². The summed E-state index contributed by atoms with van der Waals surface area (Å²) in [5, 5.41) is 14.4. The summed E-state index contributed by atoms with van der Waals surface area (Å²) in [4.78, 5) is 35.1. The first-order valence-electron chi connectivity index (χ1n) is 8.28. The highest BCUT2D eigenvalue weighted by Gasteiger charge is 2.42. The Morgan fingerprint density at radius 2 is 1.71 bits per heavy atom. The molecule has 0 spiro atoms. The smallest absolute Gasteiger partial charge is 0.329 e. The minimum absolute atomic E-state index is 0.193. The number of rotatable bonds is 7. The Hall–Kier alpha value is -2.37.